The quantitative estimate of drug-likeness (QED) is 0.345. The Morgan fingerprint density at radius 3 is 2.51 bits per heavy atom. The van der Waals surface area contributed by atoms with Gasteiger partial charge < -0.3 is 14.0 Å². The first-order valence-corrected chi connectivity index (χ1v) is 11.8. The number of carbonyl (C=O) groups excluding carboxylic acids is 1. The van der Waals surface area contributed by atoms with Crippen LogP contribution >= 0.6 is 0 Å². The van der Waals surface area contributed by atoms with Crippen LogP contribution in [0.3, 0.4) is 0 Å². The van der Waals surface area contributed by atoms with Crippen molar-refractivity contribution in [3.05, 3.63) is 78.6 Å². The molecule has 0 radical (unpaired) electrons. The average molecular weight is 464 g/mol. The molecule has 0 spiro atoms. The summed E-state index contributed by atoms with van der Waals surface area (Å²) in [7, 11) is 1.84. The molecule has 1 aliphatic heterocycles. The van der Waals surface area contributed by atoms with E-state index in [4.69, 9.17) is 4.52 Å². The molecular weight excluding hydrogens is 438 g/mol. The summed E-state index contributed by atoms with van der Waals surface area (Å²) in [6.45, 7) is 5.69. The lowest BCUT2D eigenvalue weighted by Gasteiger charge is -2.24. The van der Waals surface area contributed by atoms with E-state index in [1.807, 2.05) is 36.1 Å². The third kappa shape index (κ3) is 3.51. The summed E-state index contributed by atoms with van der Waals surface area (Å²) in [4.78, 5) is 23.6. The van der Waals surface area contributed by atoms with Crippen LogP contribution in [-0.2, 0) is 6.54 Å². The molecule has 6 rings (SSSR count). The minimum Gasteiger partial charge on any atom is -0.364 e. The first kappa shape index (κ1) is 21.3. The maximum atomic E-state index is 12.7. The predicted molar refractivity (Wildman–Crippen MR) is 135 cm³/mol. The highest BCUT2D eigenvalue weighted by Crippen LogP contribution is 2.34. The number of amides is 1. The van der Waals surface area contributed by atoms with Crippen molar-refractivity contribution in [2.45, 2.75) is 26.3 Å². The van der Waals surface area contributed by atoms with E-state index in [1.165, 1.54) is 0 Å². The summed E-state index contributed by atoms with van der Waals surface area (Å²) < 4.78 is 7.25. The highest BCUT2D eigenvalue weighted by atomic mass is 16.5. The fourth-order valence-corrected chi connectivity index (χ4v) is 4.79. The van der Waals surface area contributed by atoms with Gasteiger partial charge in [0.2, 0.25) is 0 Å². The van der Waals surface area contributed by atoms with E-state index in [-0.39, 0.29) is 5.91 Å². The number of hydrogen-bond donors (Lipinski definition) is 0. The van der Waals surface area contributed by atoms with Gasteiger partial charge in [0.15, 0.2) is 0 Å². The number of fused-ring (bicyclic) bond motifs is 3. The highest BCUT2D eigenvalue weighted by Gasteiger charge is 2.25. The summed E-state index contributed by atoms with van der Waals surface area (Å²) in [6.07, 6.45) is 7.26. The predicted octanol–water partition coefficient (Wildman–Crippen LogP) is 5.63. The van der Waals surface area contributed by atoms with Gasteiger partial charge in [-0.05, 0) is 35.2 Å². The Hall–Kier alpha value is -4.26. The maximum absolute atomic E-state index is 12.7. The van der Waals surface area contributed by atoms with E-state index in [0.717, 1.165) is 56.7 Å². The minimum absolute atomic E-state index is 0.0277. The number of hydrogen-bond acceptors (Lipinski definition) is 5. The SMILES string of the molecule is CC(C)c1conc1-c1ccc(-c2cncc(-c3ccnc4c3cc3n4CCN(C)C3=O)c2)cc1. The van der Waals surface area contributed by atoms with Crippen molar-refractivity contribution in [2.75, 3.05) is 13.6 Å². The molecule has 7 heteroatoms. The molecule has 0 bridgehead atoms. The molecule has 0 N–H and O–H groups in total. The van der Waals surface area contributed by atoms with Gasteiger partial charge in [0.05, 0.1) is 0 Å². The molecule has 174 valence electrons. The number of likely N-dealkylation sites (N-methyl/N-ethyl adjacent to an activating group) is 1. The van der Waals surface area contributed by atoms with E-state index < -0.39 is 0 Å². The molecule has 35 heavy (non-hydrogen) atoms. The van der Waals surface area contributed by atoms with Crippen molar-refractivity contribution in [2.24, 2.45) is 0 Å². The monoisotopic (exact) mass is 463 g/mol. The largest absolute Gasteiger partial charge is 0.364 e. The van der Waals surface area contributed by atoms with Crippen LogP contribution in [0.1, 0.15) is 35.8 Å². The highest BCUT2D eigenvalue weighted by molar-refractivity contribution is 6.03. The van der Waals surface area contributed by atoms with Gasteiger partial charge in [-0.25, -0.2) is 4.98 Å². The van der Waals surface area contributed by atoms with E-state index in [1.54, 1.807) is 17.4 Å². The van der Waals surface area contributed by atoms with Crippen LogP contribution in [0.25, 0.3) is 44.5 Å². The third-order valence-corrected chi connectivity index (χ3v) is 6.78. The van der Waals surface area contributed by atoms with E-state index in [0.29, 0.717) is 18.2 Å². The number of rotatable bonds is 4. The molecule has 1 aliphatic rings. The summed E-state index contributed by atoms with van der Waals surface area (Å²) >= 11 is 0. The Kier molecular flexibility index (Phi) is 4.99. The van der Waals surface area contributed by atoms with Crippen LogP contribution < -0.4 is 0 Å². The van der Waals surface area contributed by atoms with E-state index in [9.17, 15) is 4.79 Å². The Labute approximate surface area is 203 Å². The molecule has 0 fully saturated rings. The van der Waals surface area contributed by atoms with Crippen molar-refractivity contribution in [3.8, 4) is 33.5 Å². The Morgan fingerprint density at radius 2 is 1.71 bits per heavy atom. The van der Waals surface area contributed by atoms with Crippen LogP contribution in [0.2, 0.25) is 0 Å². The third-order valence-electron chi connectivity index (χ3n) is 6.78. The van der Waals surface area contributed by atoms with Crippen molar-refractivity contribution in [1.82, 2.24) is 24.6 Å². The lowest BCUT2D eigenvalue weighted by Crippen LogP contribution is -2.36. The van der Waals surface area contributed by atoms with Crippen LogP contribution in [-0.4, -0.2) is 44.1 Å². The maximum Gasteiger partial charge on any atom is 0.270 e. The smallest absolute Gasteiger partial charge is 0.270 e. The number of carbonyl (C=O) groups is 1. The number of nitrogens with zero attached hydrogens (tertiary/aromatic N) is 5. The molecule has 0 saturated carbocycles. The Balaban J connectivity index is 1.38. The molecule has 5 heterocycles. The van der Waals surface area contributed by atoms with E-state index in [2.05, 4.69) is 59.3 Å². The molecule has 0 aliphatic carbocycles. The van der Waals surface area contributed by atoms with Crippen LogP contribution in [0.5, 0.6) is 0 Å². The summed E-state index contributed by atoms with van der Waals surface area (Å²) in [5.41, 5.74) is 8.62. The number of aromatic nitrogens is 4. The van der Waals surface area contributed by atoms with Crippen LogP contribution in [0.15, 0.2) is 71.8 Å². The standard InChI is InChI=1S/C28H25N5O2/c1-17(2)24-16-35-31-26(24)19-6-4-18(5-7-19)20-12-21(15-29-14-20)22-8-9-30-27-23(22)13-25-28(34)32(3)10-11-33(25)27/h4-9,12-17H,10-11H2,1-3H3. The van der Waals surface area contributed by atoms with Crippen molar-refractivity contribution >= 4 is 16.9 Å². The normalized spacial score (nSPS) is 13.6. The zero-order valence-corrected chi connectivity index (χ0v) is 19.9. The second-order valence-electron chi connectivity index (χ2n) is 9.32. The van der Waals surface area contributed by atoms with Gasteiger partial charge in [0.1, 0.15) is 23.3 Å². The number of benzene rings is 1. The fraction of sp³-hybridized carbons (Fsp3) is 0.214. The Morgan fingerprint density at radius 1 is 0.943 bits per heavy atom. The van der Waals surface area contributed by atoms with Gasteiger partial charge in [0.25, 0.3) is 5.91 Å². The average Bonchev–Trinajstić information content (AvgIpc) is 3.52. The first-order chi connectivity index (χ1) is 17.0. The van der Waals surface area contributed by atoms with Crippen molar-refractivity contribution in [1.29, 1.82) is 0 Å². The summed E-state index contributed by atoms with van der Waals surface area (Å²) in [5, 5.41) is 5.17. The zero-order chi connectivity index (χ0) is 24.1. The van der Waals surface area contributed by atoms with Crippen LogP contribution in [0.4, 0.5) is 0 Å². The molecule has 0 unspecified atom stereocenters. The zero-order valence-electron chi connectivity index (χ0n) is 19.9. The van der Waals surface area contributed by atoms with E-state index >= 15 is 0 Å². The lowest BCUT2D eigenvalue weighted by atomic mass is 9.97. The molecule has 0 atom stereocenters. The van der Waals surface area contributed by atoms with Gasteiger partial charge in [-0.15, -0.1) is 0 Å². The van der Waals surface area contributed by atoms with Gasteiger partial charge >= 0.3 is 0 Å². The fourth-order valence-electron chi connectivity index (χ4n) is 4.79. The van der Waals surface area contributed by atoms with Crippen LogP contribution in [0, 0.1) is 0 Å². The summed E-state index contributed by atoms with van der Waals surface area (Å²) in [5.74, 6) is 0.365. The van der Waals surface area contributed by atoms with Crippen molar-refractivity contribution < 1.29 is 9.32 Å². The molecule has 1 amide bonds. The molecule has 1 aromatic carbocycles. The van der Waals surface area contributed by atoms with Gasteiger partial charge in [-0.2, -0.15) is 0 Å². The summed E-state index contributed by atoms with van der Waals surface area (Å²) in [6, 6.07) is 14.4. The second kappa shape index (κ2) is 8.20. The first-order valence-electron chi connectivity index (χ1n) is 11.8. The van der Waals surface area contributed by atoms with Crippen molar-refractivity contribution in [3.63, 3.8) is 0 Å². The Bertz CT molecular complexity index is 1560. The molecule has 7 nitrogen and oxygen atoms in total. The lowest BCUT2D eigenvalue weighted by molar-refractivity contribution is 0.0751. The second-order valence-corrected chi connectivity index (χ2v) is 9.32. The minimum atomic E-state index is 0.0277. The molecule has 4 aromatic heterocycles. The van der Waals surface area contributed by atoms with Gasteiger partial charge in [-0.3, -0.25) is 9.78 Å². The number of pyridine rings is 2. The van der Waals surface area contributed by atoms with Gasteiger partial charge in [-0.1, -0.05) is 43.3 Å². The molecule has 5 aromatic rings. The topological polar surface area (TPSA) is 77.1 Å². The van der Waals surface area contributed by atoms with Gasteiger partial charge in [0, 0.05) is 66.4 Å². The molecular formula is C28H25N5O2. The molecule has 0 saturated heterocycles.